The molecule has 20 heavy (non-hydrogen) atoms. The number of rotatable bonds is 1. The van der Waals surface area contributed by atoms with Gasteiger partial charge in [0.2, 0.25) is 0 Å². The van der Waals surface area contributed by atoms with Crippen LogP contribution in [0.25, 0.3) is 0 Å². The fourth-order valence-electron chi connectivity index (χ4n) is 2.35. The van der Waals surface area contributed by atoms with Crippen molar-refractivity contribution in [3.8, 4) is 11.5 Å². The van der Waals surface area contributed by atoms with Crippen LogP contribution in [-0.4, -0.2) is 10.2 Å². The molecule has 0 aromatic heterocycles. The van der Waals surface area contributed by atoms with Crippen molar-refractivity contribution in [2.24, 2.45) is 0 Å². The Kier molecular flexibility index (Phi) is 3.40. The highest BCUT2D eigenvalue weighted by Gasteiger charge is 2.28. The molecule has 1 aliphatic rings. The molecular weight excluding hydrogens is 327 g/mol. The second-order valence-electron chi connectivity index (χ2n) is 4.75. The highest BCUT2D eigenvalue weighted by molar-refractivity contribution is 9.10. The number of halogens is 2. The van der Waals surface area contributed by atoms with Gasteiger partial charge in [-0.25, -0.2) is 4.39 Å². The number of benzene rings is 2. The largest absolute Gasteiger partial charge is 0.505 e. The van der Waals surface area contributed by atoms with Crippen molar-refractivity contribution in [1.29, 1.82) is 0 Å². The van der Waals surface area contributed by atoms with Crippen LogP contribution >= 0.6 is 15.9 Å². The molecule has 0 radical (unpaired) electrons. The smallest absolute Gasteiger partial charge is 0.165 e. The van der Waals surface area contributed by atoms with Gasteiger partial charge in [-0.2, -0.15) is 0 Å². The van der Waals surface area contributed by atoms with Gasteiger partial charge < -0.3 is 14.9 Å². The van der Waals surface area contributed by atoms with Crippen LogP contribution in [0.15, 0.2) is 40.9 Å². The fourth-order valence-corrected chi connectivity index (χ4v) is 2.72. The molecule has 0 saturated heterocycles. The van der Waals surface area contributed by atoms with Crippen molar-refractivity contribution in [2.45, 2.75) is 18.6 Å². The Morgan fingerprint density at radius 2 is 2.00 bits per heavy atom. The van der Waals surface area contributed by atoms with E-state index >= 15 is 0 Å². The summed E-state index contributed by atoms with van der Waals surface area (Å²) in [7, 11) is 0. The van der Waals surface area contributed by atoms with Crippen LogP contribution in [0.2, 0.25) is 0 Å². The van der Waals surface area contributed by atoms with Gasteiger partial charge in [-0.05, 0) is 35.9 Å². The number of hydrogen-bond donors (Lipinski definition) is 2. The third-order valence-electron chi connectivity index (χ3n) is 3.38. The summed E-state index contributed by atoms with van der Waals surface area (Å²) in [6, 6.07) is 9.53. The third kappa shape index (κ3) is 2.39. The molecule has 3 rings (SSSR count). The van der Waals surface area contributed by atoms with E-state index in [0.717, 1.165) is 10.0 Å². The van der Waals surface area contributed by atoms with Crippen molar-refractivity contribution >= 4 is 15.9 Å². The standard InChI is InChI=1S/C15H12BrFO3/c16-9-2-4-14-10(6-9)13(19)7-15(20-14)8-1-3-12(18)11(17)5-8/h1-6,13,15,18-19H,7H2. The summed E-state index contributed by atoms with van der Waals surface area (Å²) in [6.07, 6.45) is -0.764. The highest BCUT2D eigenvalue weighted by atomic mass is 79.9. The number of hydrogen-bond acceptors (Lipinski definition) is 3. The summed E-state index contributed by atoms with van der Waals surface area (Å²) < 4.78 is 20.1. The molecule has 104 valence electrons. The molecule has 0 bridgehead atoms. The molecule has 5 heteroatoms. The Morgan fingerprint density at radius 3 is 2.75 bits per heavy atom. The molecule has 1 aliphatic heterocycles. The molecule has 0 saturated carbocycles. The van der Waals surface area contributed by atoms with E-state index in [-0.39, 0.29) is 0 Å². The number of ether oxygens (including phenoxy) is 1. The lowest BCUT2D eigenvalue weighted by molar-refractivity contribution is 0.0655. The van der Waals surface area contributed by atoms with Gasteiger partial charge >= 0.3 is 0 Å². The Balaban J connectivity index is 1.94. The second kappa shape index (κ2) is 5.07. The Bertz CT molecular complexity index is 660. The first-order valence-electron chi connectivity index (χ1n) is 6.17. The zero-order valence-corrected chi connectivity index (χ0v) is 12.0. The topological polar surface area (TPSA) is 49.7 Å². The summed E-state index contributed by atoms with van der Waals surface area (Å²) in [4.78, 5) is 0. The van der Waals surface area contributed by atoms with E-state index in [1.165, 1.54) is 12.1 Å². The average molecular weight is 339 g/mol. The third-order valence-corrected chi connectivity index (χ3v) is 3.87. The maximum atomic E-state index is 13.4. The van der Waals surface area contributed by atoms with Crippen LogP contribution in [0.5, 0.6) is 11.5 Å². The number of aromatic hydroxyl groups is 1. The molecule has 2 atom stereocenters. The zero-order chi connectivity index (χ0) is 14.3. The van der Waals surface area contributed by atoms with Crippen molar-refractivity contribution in [1.82, 2.24) is 0 Å². The fraction of sp³-hybridized carbons (Fsp3) is 0.200. The average Bonchev–Trinajstić information content (AvgIpc) is 2.42. The SMILES string of the molecule is Oc1ccc(C2CC(O)c3cc(Br)ccc3O2)cc1F. The lowest BCUT2D eigenvalue weighted by Gasteiger charge is -2.30. The van der Waals surface area contributed by atoms with Gasteiger partial charge in [-0.15, -0.1) is 0 Å². The molecule has 2 aromatic carbocycles. The van der Waals surface area contributed by atoms with Gasteiger partial charge in [0.1, 0.15) is 11.9 Å². The molecule has 1 heterocycles. The van der Waals surface area contributed by atoms with E-state index in [1.807, 2.05) is 12.1 Å². The van der Waals surface area contributed by atoms with Crippen LogP contribution in [0, 0.1) is 5.82 Å². The lowest BCUT2D eigenvalue weighted by Crippen LogP contribution is -2.19. The molecule has 2 aromatic rings. The van der Waals surface area contributed by atoms with Crippen molar-refractivity contribution < 1.29 is 19.3 Å². The molecule has 2 unspecified atom stereocenters. The molecule has 2 N–H and O–H groups in total. The predicted molar refractivity (Wildman–Crippen MR) is 75.2 cm³/mol. The quantitative estimate of drug-likeness (QED) is 0.830. The van der Waals surface area contributed by atoms with Crippen LogP contribution < -0.4 is 4.74 Å². The Morgan fingerprint density at radius 1 is 1.20 bits per heavy atom. The molecule has 0 spiro atoms. The van der Waals surface area contributed by atoms with Crippen molar-refractivity contribution in [2.75, 3.05) is 0 Å². The van der Waals surface area contributed by atoms with Crippen LogP contribution in [0.3, 0.4) is 0 Å². The minimum absolute atomic E-state index is 0.341. The number of fused-ring (bicyclic) bond motifs is 1. The van der Waals surface area contributed by atoms with E-state index in [1.54, 1.807) is 12.1 Å². The van der Waals surface area contributed by atoms with Gasteiger partial charge in [0.25, 0.3) is 0 Å². The predicted octanol–water partition coefficient (Wildman–Crippen LogP) is 3.85. The summed E-state index contributed by atoms with van der Waals surface area (Å²) in [6.45, 7) is 0. The van der Waals surface area contributed by atoms with Crippen molar-refractivity contribution in [3.63, 3.8) is 0 Å². The lowest BCUT2D eigenvalue weighted by atomic mass is 9.95. The van der Waals surface area contributed by atoms with Gasteiger partial charge in [0, 0.05) is 16.5 Å². The summed E-state index contributed by atoms with van der Waals surface area (Å²) in [5.74, 6) is -0.498. The molecule has 0 aliphatic carbocycles. The van der Waals surface area contributed by atoms with E-state index in [4.69, 9.17) is 4.74 Å². The molecular formula is C15H12BrFO3. The van der Waals surface area contributed by atoms with Gasteiger partial charge in [-0.3, -0.25) is 0 Å². The first kappa shape index (κ1) is 13.4. The van der Waals surface area contributed by atoms with E-state index in [0.29, 0.717) is 17.7 Å². The Hall–Kier alpha value is -1.59. The van der Waals surface area contributed by atoms with Gasteiger partial charge in [-0.1, -0.05) is 22.0 Å². The zero-order valence-electron chi connectivity index (χ0n) is 10.4. The number of phenols is 1. The van der Waals surface area contributed by atoms with E-state index in [2.05, 4.69) is 15.9 Å². The summed E-state index contributed by atoms with van der Waals surface area (Å²) in [5.41, 5.74) is 1.31. The van der Waals surface area contributed by atoms with Gasteiger partial charge in [0.05, 0.1) is 6.10 Å². The highest BCUT2D eigenvalue weighted by Crippen LogP contribution is 2.42. The van der Waals surface area contributed by atoms with E-state index in [9.17, 15) is 14.6 Å². The molecule has 0 fully saturated rings. The summed E-state index contributed by atoms with van der Waals surface area (Å²) in [5, 5.41) is 19.4. The van der Waals surface area contributed by atoms with Crippen LogP contribution in [0.1, 0.15) is 29.8 Å². The maximum absolute atomic E-state index is 13.4. The van der Waals surface area contributed by atoms with Crippen LogP contribution in [-0.2, 0) is 0 Å². The first-order chi connectivity index (χ1) is 9.54. The first-order valence-corrected chi connectivity index (χ1v) is 6.96. The minimum atomic E-state index is -0.692. The van der Waals surface area contributed by atoms with Crippen LogP contribution in [0.4, 0.5) is 4.39 Å². The normalized spacial score (nSPS) is 21.1. The second-order valence-corrected chi connectivity index (χ2v) is 5.67. The summed E-state index contributed by atoms with van der Waals surface area (Å²) >= 11 is 3.35. The minimum Gasteiger partial charge on any atom is -0.505 e. The number of aliphatic hydroxyl groups excluding tert-OH is 1. The monoisotopic (exact) mass is 338 g/mol. The van der Waals surface area contributed by atoms with Gasteiger partial charge in [0.15, 0.2) is 11.6 Å². The maximum Gasteiger partial charge on any atom is 0.165 e. The van der Waals surface area contributed by atoms with E-state index < -0.39 is 23.8 Å². The Labute approximate surface area is 123 Å². The molecule has 3 nitrogen and oxygen atoms in total. The number of phenolic OH excluding ortho intramolecular Hbond substituents is 1. The molecule has 0 amide bonds. The van der Waals surface area contributed by atoms with Crippen molar-refractivity contribution in [3.05, 3.63) is 57.8 Å². The number of aliphatic hydroxyl groups is 1.